The number of thiazole rings is 1. The van der Waals surface area contributed by atoms with Crippen LogP contribution < -0.4 is 5.32 Å². The number of carbonyl (C=O) groups excluding carboxylic acids is 2. The third kappa shape index (κ3) is 3.30. The van der Waals surface area contributed by atoms with Gasteiger partial charge in [0.15, 0.2) is 5.13 Å². The van der Waals surface area contributed by atoms with Gasteiger partial charge < -0.3 is 10.2 Å². The van der Waals surface area contributed by atoms with E-state index in [1.807, 2.05) is 26.2 Å². The molecular formula is C15H21N3O2S2. The summed E-state index contributed by atoms with van der Waals surface area (Å²) in [5.41, 5.74) is 0.618. The molecule has 0 radical (unpaired) electrons. The minimum absolute atomic E-state index is 0.0236. The molecule has 7 heteroatoms. The average molecular weight is 339 g/mol. The van der Waals surface area contributed by atoms with E-state index in [9.17, 15) is 9.59 Å². The van der Waals surface area contributed by atoms with Crippen LogP contribution in [0.1, 0.15) is 45.2 Å². The van der Waals surface area contributed by atoms with Gasteiger partial charge in [0.2, 0.25) is 11.8 Å². The molecule has 5 nitrogen and oxygen atoms in total. The molecule has 1 saturated carbocycles. The van der Waals surface area contributed by atoms with Crippen molar-refractivity contribution in [3.8, 4) is 0 Å². The molecule has 1 saturated heterocycles. The molecule has 2 aliphatic rings. The number of nitrogens with zero attached hydrogens (tertiary/aromatic N) is 2. The number of aromatic nitrogens is 1. The summed E-state index contributed by atoms with van der Waals surface area (Å²) in [6, 6.07) is -0.398. The molecule has 3 rings (SSSR count). The maximum absolute atomic E-state index is 12.5. The Morgan fingerprint density at radius 3 is 2.73 bits per heavy atom. The number of anilines is 1. The molecule has 1 aliphatic carbocycles. The Morgan fingerprint density at radius 1 is 1.36 bits per heavy atom. The van der Waals surface area contributed by atoms with E-state index in [1.54, 1.807) is 16.7 Å². The fourth-order valence-electron chi connectivity index (χ4n) is 2.39. The lowest BCUT2D eigenvalue weighted by molar-refractivity contribution is -0.143. The third-order valence-corrected chi connectivity index (χ3v) is 5.62. The largest absolute Gasteiger partial charge is 0.320 e. The van der Waals surface area contributed by atoms with E-state index in [1.165, 1.54) is 24.2 Å². The summed E-state index contributed by atoms with van der Waals surface area (Å²) < 4.78 is 0. The van der Waals surface area contributed by atoms with Crippen molar-refractivity contribution in [1.29, 1.82) is 0 Å². The van der Waals surface area contributed by atoms with E-state index < -0.39 is 11.5 Å². The number of amides is 2. The van der Waals surface area contributed by atoms with Crippen molar-refractivity contribution in [2.75, 3.05) is 16.9 Å². The quantitative estimate of drug-likeness (QED) is 0.920. The van der Waals surface area contributed by atoms with Gasteiger partial charge in [-0.05, 0) is 12.8 Å². The molecule has 1 aromatic rings. The van der Waals surface area contributed by atoms with Crippen molar-refractivity contribution >= 4 is 40.0 Å². The first-order chi connectivity index (χ1) is 10.4. The van der Waals surface area contributed by atoms with Crippen molar-refractivity contribution in [1.82, 2.24) is 9.88 Å². The van der Waals surface area contributed by atoms with Crippen molar-refractivity contribution in [3.05, 3.63) is 11.1 Å². The Bertz CT molecular complexity index is 590. The maximum atomic E-state index is 12.5. The summed E-state index contributed by atoms with van der Waals surface area (Å²) in [5, 5.41) is 5.55. The Hall–Kier alpha value is -1.08. The zero-order valence-electron chi connectivity index (χ0n) is 13.1. The van der Waals surface area contributed by atoms with E-state index >= 15 is 0 Å². The minimum atomic E-state index is -0.468. The first-order valence-electron chi connectivity index (χ1n) is 7.51. The predicted octanol–water partition coefficient (Wildman–Crippen LogP) is 2.91. The summed E-state index contributed by atoms with van der Waals surface area (Å²) in [6.07, 6.45) is 2.40. The van der Waals surface area contributed by atoms with Gasteiger partial charge in [0, 0.05) is 22.5 Å². The molecule has 1 aromatic heterocycles. The molecule has 0 bridgehead atoms. The van der Waals surface area contributed by atoms with Gasteiger partial charge in [-0.3, -0.25) is 9.59 Å². The fraction of sp³-hybridized carbons (Fsp3) is 0.667. The zero-order chi connectivity index (χ0) is 15.9. The lowest BCUT2D eigenvalue weighted by Crippen LogP contribution is -2.48. The van der Waals surface area contributed by atoms with Crippen LogP contribution in [0.15, 0.2) is 5.38 Å². The second kappa shape index (κ2) is 5.85. The topological polar surface area (TPSA) is 62.3 Å². The standard InChI is InChI=1S/C15H21N3O2S2/c1-15(2,3)13(20)18-8-21-7-11(18)12(19)17-14-16-10(6-22-14)9-4-5-9/h6,9,11H,4-5,7-8H2,1-3H3,(H,16,17,19)/t11-/m0/s1. The molecule has 1 aliphatic heterocycles. The number of carbonyl (C=O) groups is 2. The first-order valence-corrected chi connectivity index (χ1v) is 9.55. The summed E-state index contributed by atoms with van der Waals surface area (Å²) in [4.78, 5) is 31.1. The van der Waals surface area contributed by atoms with E-state index in [4.69, 9.17) is 0 Å². The lowest BCUT2D eigenvalue weighted by Gasteiger charge is -2.29. The smallest absolute Gasteiger partial charge is 0.249 e. The molecular weight excluding hydrogens is 318 g/mol. The van der Waals surface area contributed by atoms with Gasteiger partial charge in [-0.15, -0.1) is 23.1 Å². The normalized spacial score (nSPS) is 22.0. The van der Waals surface area contributed by atoms with Gasteiger partial charge in [0.25, 0.3) is 0 Å². The highest BCUT2D eigenvalue weighted by Crippen LogP contribution is 2.41. The van der Waals surface area contributed by atoms with E-state index in [0.29, 0.717) is 22.7 Å². The Labute approximate surface area is 138 Å². The highest BCUT2D eigenvalue weighted by molar-refractivity contribution is 7.99. The second-order valence-electron chi connectivity index (χ2n) is 6.88. The predicted molar refractivity (Wildman–Crippen MR) is 90.1 cm³/mol. The molecule has 2 heterocycles. The second-order valence-corrected chi connectivity index (χ2v) is 8.74. The van der Waals surface area contributed by atoms with Crippen LogP contribution in [0.2, 0.25) is 0 Å². The van der Waals surface area contributed by atoms with Crippen LogP contribution in [0.25, 0.3) is 0 Å². The third-order valence-electron chi connectivity index (χ3n) is 3.84. The van der Waals surface area contributed by atoms with E-state index in [2.05, 4.69) is 10.3 Å². The van der Waals surface area contributed by atoms with Gasteiger partial charge >= 0.3 is 0 Å². The van der Waals surface area contributed by atoms with Crippen LogP contribution in [-0.2, 0) is 9.59 Å². The maximum Gasteiger partial charge on any atom is 0.249 e. The summed E-state index contributed by atoms with van der Waals surface area (Å²) in [6.45, 7) is 5.65. The highest BCUT2D eigenvalue weighted by Gasteiger charge is 2.39. The Balaban J connectivity index is 1.66. The average Bonchev–Trinajstić information content (AvgIpc) is 3.00. The summed E-state index contributed by atoms with van der Waals surface area (Å²) in [5.74, 6) is 1.71. The van der Waals surface area contributed by atoms with Crippen molar-refractivity contribution in [2.45, 2.75) is 45.6 Å². The number of nitrogens with one attached hydrogen (secondary N) is 1. The van der Waals surface area contributed by atoms with Crippen LogP contribution >= 0.6 is 23.1 Å². The molecule has 0 aromatic carbocycles. The monoisotopic (exact) mass is 339 g/mol. The van der Waals surface area contributed by atoms with Crippen LogP contribution in [0.3, 0.4) is 0 Å². The van der Waals surface area contributed by atoms with Gasteiger partial charge in [0.05, 0.1) is 11.6 Å². The molecule has 0 spiro atoms. The minimum Gasteiger partial charge on any atom is -0.320 e. The molecule has 120 valence electrons. The molecule has 1 atom stereocenters. The van der Waals surface area contributed by atoms with E-state index in [0.717, 1.165) is 5.69 Å². The molecule has 2 amide bonds. The number of rotatable bonds is 3. The summed E-state index contributed by atoms with van der Waals surface area (Å²) >= 11 is 3.09. The molecule has 2 fully saturated rings. The molecule has 0 unspecified atom stereocenters. The van der Waals surface area contributed by atoms with Crippen LogP contribution in [0.4, 0.5) is 5.13 Å². The summed E-state index contributed by atoms with van der Waals surface area (Å²) in [7, 11) is 0. The van der Waals surface area contributed by atoms with Crippen molar-refractivity contribution in [3.63, 3.8) is 0 Å². The first kappa shape index (κ1) is 15.8. The number of hydrogen-bond acceptors (Lipinski definition) is 5. The SMILES string of the molecule is CC(C)(C)C(=O)N1CSC[C@H]1C(=O)Nc1nc(C2CC2)cs1. The number of thioether (sulfide) groups is 1. The van der Waals surface area contributed by atoms with Gasteiger partial charge in [0.1, 0.15) is 6.04 Å². The van der Waals surface area contributed by atoms with Crippen LogP contribution in [0, 0.1) is 5.41 Å². The van der Waals surface area contributed by atoms with Crippen LogP contribution in [-0.4, -0.2) is 39.4 Å². The van der Waals surface area contributed by atoms with Gasteiger partial charge in [-0.25, -0.2) is 4.98 Å². The highest BCUT2D eigenvalue weighted by atomic mass is 32.2. The van der Waals surface area contributed by atoms with Crippen LogP contribution in [0.5, 0.6) is 0 Å². The zero-order valence-corrected chi connectivity index (χ0v) is 14.7. The van der Waals surface area contributed by atoms with Gasteiger partial charge in [-0.1, -0.05) is 20.8 Å². The lowest BCUT2D eigenvalue weighted by atomic mass is 9.94. The Kier molecular flexibility index (Phi) is 4.20. The molecule has 22 heavy (non-hydrogen) atoms. The van der Waals surface area contributed by atoms with Gasteiger partial charge in [-0.2, -0.15) is 0 Å². The fourth-order valence-corrected chi connectivity index (χ4v) is 4.34. The molecule has 1 N–H and O–H groups in total. The number of hydrogen-bond donors (Lipinski definition) is 1. The van der Waals surface area contributed by atoms with Crippen molar-refractivity contribution < 1.29 is 9.59 Å². The Morgan fingerprint density at radius 2 is 2.09 bits per heavy atom. The van der Waals surface area contributed by atoms with E-state index in [-0.39, 0.29) is 11.8 Å². The van der Waals surface area contributed by atoms with Crippen molar-refractivity contribution in [2.24, 2.45) is 5.41 Å².